The highest BCUT2D eigenvalue weighted by Gasteiger charge is 2.07. The van der Waals surface area contributed by atoms with Gasteiger partial charge in [0.05, 0.1) is 6.61 Å². The van der Waals surface area contributed by atoms with Crippen LogP contribution < -0.4 is 10.5 Å². The molecular formula is C17H28FNO. The Balaban J connectivity index is 2.11. The Bertz CT molecular complexity index is 368. The van der Waals surface area contributed by atoms with Crippen molar-refractivity contribution in [2.45, 2.75) is 64.8 Å². The predicted molar refractivity (Wildman–Crippen MR) is 82.4 cm³/mol. The SMILES string of the molecule is CCCCCCCCCCOc1cccc(F)c1CN. The number of hydrogen-bond donors (Lipinski definition) is 1. The van der Waals surface area contributed by atoms with E-state index in [1.54, 1.807) is 12.1 Å². The third-order valence-electron chi connectivity index (χ3n) is 3.54. The molecule has 0 aliphatic heterocycles. The van der Waals surface area contributed by atoms with E-state index in [-0.39, 0.29) is 12.4 Å². The maximum atomic E-state index is 13.5. The first-order valence-electron chi connectivity index (χ1n) is 7.89. The second kappa shape index (κ2) is 10.7. The number of rotatable bonds is 11. The molecule has 0 fully saturated rings. The Kier molecular flexibility index (Phi) is 9.05. The standard InChI is InChI=1S/C17H28FNO/c1-2-3-4-5-6-7-8-9-13-20-17-12-10-11-16(18)15(17)14-19/h10-12H,2-9,13-14,19H2,1H3. The average Bonchev–Trinajstić information content (AvgIpc) is 2.45. The molecule has 0 aromatic heterocycles. The average molecular weight is 281 g/mol. The van der Waals surface area contributed by atoms with E-state index >= 15 is 0 Å². The Morgan fingerprint density at radius 3 is 2.30 bits per heavy atom. The zero-order valence-corrected chi connectivity index (χ0v) is 12.7. The van der Waals surface area contributed by atoms with Crippen LogP contribution in [0.5, 0.6) is 5.75 Å². The van der Waals surface area contributed by atoms with Crippen molar-refractivity contribution in [2.75, 3.05) is 6.61 Å². The van der Waals surface area contributed by atoms with Gasteiger partial charge >= 0.3 is 0 Å². The highest BCUT2D eigenvalue weighted by molar-refractivity contribution is 5.34. The maximum Gasteiger partial charge on any atom is 0.131 e. The van der Waals surface area contributed by atoms with Gasteiger partial charge in [-0.05, 0) is 18.6 Å². The third-order valence-corrected chi connectivity index (χ3v) is 3.54. The van der Waals surface area contributed by atoms with Gasteiger partial charge in [0, 0.05) is 12.1 Å². The van der Waals surface area contributed by atoms with Crippen LogP contribution in [0.1, 0.15) is 63.9 Å². The second-order valence-corrected chi connectivity index (χ2v) is 5.24. The van der Waals surface area contributed by atoms with Crippen LogP contribution in [0.4, 0.5) is 4.39 Å². The lowest BCUT2D eigenvalue weighted by atomic mass is 10.1. The Morgan fingerprint density at radius 1 is 1.00 bits per heavy atom. The molecule has 2 N–H and O–H groups in total. The summed E-state index contributed by atoms with van der Waals surface area (Å²) in [4.78, 5) is 0. The van der Waals surface area contributed by atoms with Gasteiger partial charge < -0.3 is 10.5 Å². The largest absolute Gasteiger partial charge is 0.493 e. The Morgan fingerprint density at radius 2 is 1.65 bits per heavy atom. The van der Waals surface area contributed by atoms with Crippen molar-refractivity contribution in [3.8, 4) is 5.75 Å². The van der Waals surface area contributed by atoms with E-state index in [0.717, 1.165) is 6.42 Å². The molecule has 2 nitrogen and oxygen atoms in total. The second-order valence-electron chi connectivity index (χ2n) is 5.24. The molecule has 0 aliphatic carbocycles. The molecule has 0 amide bonds. The lowest BCUT2D eigenvalue weighted by molar-refractivity contribution is 0.299. The van der Waals surface area contributed by atoms with Gasteiger partial charge in [0.25, 0.3) is 0 Å². The monoisotopic (exact) mass is 281 g/mol. The highest BCUT2D eigenvalue weighted by atomic mass is 19.1. The zero-order valence-electron chi connectivity index (χ0n) is 12.7. The van der Waals surface area contributed by atoms with Gasteiger partial charge in [-0.25, -0.2) is 4.39 Å². The molecule has 3 heteroatoms. The van der Waals surface area contributed by atoms with Crippen LogP contribution in [0.15, 0.2) is 18.2 Å². The van der Waals surface area contributed by atoms with E-state index in [1.807, 2.05) is 0 Å². The summed E-state index contributed by atoms with van der Waals surface area (Å²) in [7, 11) is 0. The first-order valence-corrected chi connectivity index (χ1v) is 7.89. The van der Waals surface area contributed by atoms with E-state index in [4.69, 9.17) is 10.5 Å². The van der Waals surface area contributed by atoms with Crippen molar-refractivity contribution in [3.05, 3.63) is 29.6 Å². The molecule has 114 valence electrons. The minimum absolute atomic E-state index is 0.180. The van der Waals surface area contributed by atoms with E-state index in [0.29, 0.717) is 17.9 Å². The Hall–Kier alpha value is -1.09. The zero-order chi connectivity index (χ0) is 14.6. The first kappa shape index (κ1) is 17.0. The Labute approximate surface area is 122 Å². The fraction of sp³-hybridized carbons (Fsp3) is 0.647. The minimum Gasteiger partial charge on any atom is -0.493 e. The molecule has 0 atom stereocenters. The number of ether oxygens (including phenoxy) is 1. The molecule has 0 unspecified atom stereocenters. The smallest absolute Gasteiger partial charge is 0.131 e. The molecule has 0 saturated heterocycles. The van der Waals surface area contributed by atoms with E-state index in [9.17, 15) is 4.39 Å². The molecule has 0 bridgehead atoms. The maximum absolute atomic E-state index is 13.5. The van der Waals surface area contributed by atoms with Crippen molar-refractivity contribution in [1.29, 1.82) is 0 Å². The van der Waals surface area contributed by atoms with Crippen LogP contribution in [-0.2, 0) is 6.54 Å². The van der Waals surface area contributed by atoms with Crippen LogP contribution >= 0.6 is 0 Å². The number of halogens is 1. The molecule has 0 radical (unpaired) electrons. The first-order chi connectivity index (χ1) is 9.79. The van der Waals surface area contributed by atoms with E-state index in [1.165, 1.54) is 51.0 Å². The molecule has 20 heavy (non-hydrogen) atoms. The van der Waals surface area contributed by atoms with Crippen LogP contribution in [0, 0.1) is 5.82 Å². The van der Waals surface area contributed by atoms with Gasteiger partial charge in [-0.2, -0.15) is 0 Å². The highest BCUT2D eigenvalue weighted by Crippen LogP contribution is 2.21. The number of hydrogen-bond acceptors (Lipinski definition) is 2. The van der Waals surface area contributed by atoms with Gasteiger partial charge in [-0.3, -0.25) is 0 Å². The fourth-order valence-electron chi connectivity index (χ4n) is 2.29. The van der Waals surface area contributed by atoms with Gasteiger partial charge in [0.1, 0.15) is 11.6 Å². The lowest BCUT2D eigenvalue weighted by Gasteiger charge is -2.10. The van der Waals surface area contributed by atoms with Gasteiger partial charge in [-0.1, -0.05) is 57.9 Å². The van der Waals surface area contributed by atoms with Crippen LogP contribution in [0.3, 0.4) is 0 Å². The van der Waals surface area contributed by atoms with Crippen LogP contribution in [-0.4, -0.2) is 6.61 Å². The van der Waals surface area contributed by atoms with Crippen molar-refractivity contribution in [2.24, 2.45) is 5.73 Å². The fourth-order valence-corrected chi connectivity index (χ4v) is 2.29. The summed E-state index contributed by atoms with van der Waals surface area (Å²) in [6.07, 6.45) is 10.1. The summed E-state index contributed by atoms with van der Waals surface area (Å²) in [5.41, 5.74) is 6.02. The molecule has 1 aromatic rings. The molecule has 1 aromatic carbocycles. The van der Waals surface area contributed by atoms with Crippen molar-refractivity contribution < 1.29 is 9.13 Å². The summed E-state index contributed by atoms with van der Waals surface area (Å²) in [6.45, 7) is 3.06. The predicted octanol–water partition coefficient (Wildman–Crippen LogP) is 4.80. The molecule has 0 saturated carbocycles. The number of benzene rings is 1. The summed E-state index contributed by atoms with van der Waals surface area (Å²) in [5, 5.41) is 0. The van der Waals surface area contributed by atoms with Crippen molar-refractivity contribution >= 4 is 0 Å². The summed E-state index contributed by atoms with van der Waals surface area (Å²) >= 11 is 0. The summed E-state index contributed by atoms with van der Waals surface area (Å²) < 4.78 is 19.1. The molecular weight excluding hydrogens is 253 g/mol. The molecule has 1 rings (SSSR count). The van der Waals surface area contributed by atoms with Gasteiger partial charge in [-0.15, -0.1) is 0 Å². The van der Waals surface area contributed by atoms with Gasteiger partial charge in [0.2, 0.25) is 0 Å². The number of nitrogens with two attached hydrogens (primary N) is 1. The normalized spacial score (nSPS) is 10.8. The minimum atomic E-state index is -0.277. The van der Waals surface area contributed by atoms with Crippen LogP contribution in [0.25, 0.3) is 0 Å². The van der Waals surface area contributed by atoms with Crippen molar-refractivity contribution in [3.63, 3.8) is 0 Å². The quantitative estimate of drug-likeness (QED) is 0.591. The molecule has 0 heterocycles. The van der Waals surface area contributed by atoms with Crippen molar-refractivity contribution in [1.82, 2.24) is 0 Å². The summed E-state index contributed by atoms with van der Waals surface area (Å²) in [6, 6.07) is 4.87. The topological polar surface area (TPSA) is 35.2 Å². The number of unbranched alkanes of at least 4 members (excludes halogenated alkanes) is 7. The van der Waals surface area contributed by atoms with Crippen LogP contribution in [0.2, 0.25) is 0 Å². The molecule has 0 aliphatic rings. The van der Waals surface area contributed by atoms with Gasteiger partial charge in [0.15, 0.2) is 0 Å². The third kappa shape index (κ3) is 6.38. The summed E-state index contributed by atoms with van der Waals surface area (Å²) in [5.74, 6) is 0.316. The molecule has 0 spiro atoms. The van der Waals surface area contributed by atoms with E-state index < -0.39 is 0 Å². The van der Waals surface area contributed by atoms with E-state index in [2.05, 4.69) is 6.92 Å². The lowest BCUT2D eigenvalue weighted by Crippen LogP contribution is -2.06.